The van der Waals surface area contributed by atoms with Crippen LogP contribution in [-0.2, 0) is 11.3 Å². The van der Waals surface area contributed by atoms with Crippen LogP contribution in [0, 0.1) is 0 Å². The second-order valence-electron chi connectivity index (χ2n) is 4.78. The Kier molecular flexibility index (Phi) is 6.10. The molecule has 2 rings (SSSR count). The quantitative estimate of drug-likeness (QED) is 0.822. The van der Waals surface area contributed by atoms with Crippen LogP contribution in [0.25, 0.3) is 0 Å². The van der Waals surface area contributed by atoms with Crippen LogP contribution in [0.5, 0.6) is 5.75 Å². The van der Waals surface area contributed by atoms with Crippen molar-refractivity contribution in [2.24, 2.45) is 0 Å². The van der Waals surface area contributed by atoms with E-state index in [4.69, 9.17) is 16.3 Å². The lowest BCUT2D eigenvalue weighted by atomic mass is 10.2. The summed E-state index contributed by atoms with van der Waals surface area (Å²) in [7, 11) is 1.60. The van der Waals surface area contributed by atoms with Gasteiger partial charge in [0.05, 0.1) is 12.8 Å². The van der Waals surface area contributed by atoms with E-state index in [9.17, 15) is 4.79 Å². The summed E-state index contributed by atoms with van der Waals surface area (Å²) >= 11 is 5.96. The van der Waals surface area contributed by atoms with Gasteiger partial charge < -0.3 is 15.4 Å². The summed E-state index contributed by atoms with van der Waals surface area (Å²) < 4.78 is 5.24. The van der Waals surface area contributed by atoms with Crippen molar-refractivity contribution in [1.82, 2.24) is 5.32 Å². The summed E-state index contributed by atoms with van der Waals surface area (Å²) in [5.74, 6) is 0.700. The first kappa shape index (κ1) is 16.2. The third kappa shape index (κ3) is 4.97. The molecule has 0 aliphatic rings. The molecule has 22 heavy (non-hydrogen) atoms. The zero-order valence-electron chi connectivity index (χ0n) is 12.4. The molecule has 0 heterocycles. The van der Waals surface area contributed by atoms with Gasteiger partial charge in [0.2, 0.25) is 5.91 Å². The van der Waals surface area contributed by atoms with Crippen LogP contribution < -0.4 is 15.4 Å². The standard InChI is InChI=1S/C17H19ClN2O2/c1-22-16-8-7-14(18)11-15(16)19-10-9-17(21)20-12-13-5-3-2-4-6-13/h2-8,11,19H,9-10,12H2,1H3,(H,20,21). The number of methoxy groups -OCH3 is 1. The van der Waals surface area contributed by atoms with Crippen molar-refractivity contribution in [3.63, 3.8) is 0 Å². The summed E-state index contributed by atoms with van der Waals surface area (Å²) in [5, 5.41) is 6.67. The van der Waals surface area contributed by atoms with Gasteiger partial charge >= 0.3 is 0 Å². The van der Waals surface area contributed by atoms with Crippen molar-refractivity contribution in [2.75, 3.05) is 19.0 Å². The van der Waals surface area contributed by atoms with E-state index >= 15 is 0 Å². The number of benzene rings is 2. The van der Waals surface area contributed by atoms with Gasteiger partial charge in [0.25, 0.3) is 0 Å². The number of ether oxygens (including phenoxy) is 1. The largest absolute Gasteiger partial charge is 0.495 e. The molecule has 4 nitrogen and oxygen atoms in total. The fourth-order valence-corrected chi connectivity index (χ4v) is 2.19. The van der Waals surface area contributed by atoms with Gasteiger partial charge in [-0.2, -0.15) is 0 Å². The summed E-state index contributed by atoms with van der Waals surface area (Å²) in [4.78, 5) is 11.8. The van der Waals surface area contributed by atoms with E-state index < -0.39 is 0 Å². The highest BCUT2D eigenvalue weighted by Crippen LogP contribution is 2.27. The van der Waals surface area contributed by atoms with Crippen LogP contribution in [0.3, 0.4) is 0 Å². The van der Waals surface area contributed by atoms with Gasteiger partial charge in [0.1, 0.15) is 5.75 Å². The highest BCUT2D eigenvalue weighted by molar-refractivity contribution is 6.30. The minimum Gasteiger partial charge on any atom is -0.495 e. The molecule has 0 aliphatic carbocycles. The van der Waals surface area contributed by atoms with Crippen molar-refractivity contribution in [2.45, 2.75) is 13.0 Å². The molecule has 2 N–H and O–H groups in total. The zero-order valence-corrected chi connectivity index (χ0v) is 13.2. The number of carbonyl (C=O) groups is 1. The predicted octanol–water partition coefficient (Wildman–Crippen LogP) is 3.47. The monoisotopic (exact) mass is 318 g/mol. The second kappa shape index (κ2) is 8.29. The Labute approximate surface area is 135 Å². The molecule has 0 radical (unpaired) electrons. The third-order valence-corrected chi connectivity index (χ3v) is 3.40. The van der Waals surface area contributed by atoms with E-state index in [-0.39, 0.29) is 5.91 Å². The van der Waals surface area contributed by atoms with Gasteiger partial charge in [-0.25, -0.2) is 0 Å². The molecule has 0 aromatic heterocycles. The number of nitrogens with one attached hydrogen (secondary N) is 2. The molecule has 116 valence electrons. The summed E-state index contributed by atoms with van der Waals surface area (Å²) in [6, 6.07) is 15.2. The summed E-state index contributed by atoms with van der Waals surface area (Å²) in [6.07, 6.45) is 0.377. The van der Waals surface area contributed by atoms with Crippen molar-refractivity contribution < 1.29 is 9.53 Å². The maximum Gasteiger partial charge on any atom is 0.222 e. The first-order valence-electron chi connectivity index (χ1n) is 7.07. The Morgan fingerprint density at radius 3 is 2.68 bits per heavy atom. The molecule has 2 aromatic carbocycles. The highest BCUT2D eigenvalue weighted by atomic mass is 35.5. The van der Waals surface area contributed by atoms with Gasteiger partial charge in [-0.3, -0.25) is 4.79 Å². The molecule has 0 atom stereocenters. The highest BCUT2D eigenvalue weighted by Gasteiger charge is 2.05. The fourth-order valence-electron chi connectivity index (χ4n) is 2.01. The SMILES string of the molecule is COc1ccc(Cl)cc1NCCC(=O)NCc1ccccc1. The maximum absolute atomic E-state index is 11.8. The Hall–Kier alpha value is -2.20. The normalized spacial score (nSPS) is 10.1. The third-order valence-electron chi connectivity index (χ3n) is 3.16. The van der Waals surface area contributed by atoms with Gasteiger partial charge in [-0.05, 0) is 23.8 Å². The van der Waals surface area contributed by atoms with Gasteiger partial charge in [0.15, 0.2) is 0 Å². The molecule has 0 saturated heterocycles. The van der Waals surface area contributed by atoms with Crippen LogP contribution in [0.15, 0.2) is 48.5 Å². The van der Waals surface area contributed by atoms with Crippen LogP contribution in [0.2, 0.25) is 5.02 Å². The second-order valence-corrected chi connectivity index (χ2v) is 5.22. The van der Waals surface area contributed by atoms with E-state index in [1.54, 1.807) is 25.3 Å². The molecule has 0 spiro atoms. The first-order valence-corrected chi connectivity index (χ1v) is 7.45. The van der Waals surface area contributed by atoms with Gasteiger partial charge in [-0.1, -0.05) is 41.9 Å². The lowest BCUT2D eigenvalue weighted by molar-refractivity contribution is -0.121. The Bertz CT molecular complexity index is 617. The fraction of sp³-hybridized carbons (Fsp3) is 0.235. The van der Waals surface area contributed by atoms with Crippen LogP contribution >= 0.6 is 11.6 Å². The minimum atomic E-state index is -0.00246. The lowest BCUT2D eigenvalue weighted by Gasteiger charge is -2.11. The summed E-state index contributed by atoms with van der Waals surface area (Å²) in [6.45, 7) is 1.05. The number of rotatable bonds is 7. The summed E-state index contributed by atoms with van der Waals surface area (Å²) in [5.41, 5.74) is 1.87. The van der Waals surface area contributed by atoms with Crippen LogP contribution in [0.1, 0.15) is 12.0 Å². The Morgan fingerprint density at radius 2 is 1.95 bits per heavy atom. The molecule has 0 fully saturated rings. The van der Waals surface area contributed by atoms with E-state index in [2.05, 4.69) is 10.6 Å². The number of hydrogen-bond donors (Lipinski definition) is 2. The number of halogens is 1. The number of hydrogen-bond acceptors (Lipinski definition) is 3. The van der Waals surface area contributed by atoms with Gasteiger partial charge in [0, 0.05) is 24.5 Å². The van der Waals surface area contributed by atoms with Crippen molar-refractivity contribution in [3.05, 3.63) is 59.1 Å². The predicted molar refractivity (Wildman–Crippen MR) is 89.4 cm³/mol. The molecule has 0 aliphatic heterocycles. The number of carbonyl (C=O) groups excluding carboxylic acids is 1. The van der Waals surface area contributed by atoms with Crippen molar-refractivity contribution in [1.29, 1.82) is 0 Å². The zero-order chi connectivity index (χ0) is 15.8. The lowest BCUT2D eigenvalue weighted by Crippen LogP contribution is -2.24. The molecule has 2 aromatic rings. The average Bonchev–Trinajstić information content (AvgIpc) is 2.54. The Balaban J connectivity index is 1.76. The first-order chi connectivity index (χ1) is 10.7. The van der Waals surface area contributed by atoms with Crippen molar-refractivity contribution >= 4 is 23.2 Å². The minimum absolute atomic E-state index is 0.00246. The van der Waals surface area contributed by atoms with E-state index in [0.29, 0.717) is 30.3 Å². The molecular formula is C17H19ClN2O2. The van der Waals surface area contributed by atoms with Crippen molar-refractivity contribution in [3.8, 4) is 5.75 Å². The van der Waals surface area contributed by atoms with E-state index in [1.807, 2.05) is 30.3 Å². The van der Waals surface area contributed by atoms with E-state index in [1.165, 1.54) is 0 Å². The molecule has 0 saturated carbocycles. The number of anilines is 1. The topological polar surface area (TPSA) is 50.4 Å². The van der Waals surface area contributed by atoms with Crippen LogP contribution in [0.4, 0.5) is 5.69 Å². The molecule has 0 bridgehead atoms. The van der Waals surface area contributed by atoms with Gasteiger partial charge in [-0.15, -0.1) is 0 Å². The smallest absolute Gasteiger partial charge is 0.222 e. The molecular weight excluding hydrogens is 300 g/mol. The van der Waals surface area contributed by atoms with Crippen LogP contribution in [-0.4, -0.2) is 19.6 Å². The average molecular weight is 319 g/mol. The molecule has 5 heteroatoms. The molecule has 1 amide bonds. The van der Waals surface area contributed by atoms with E-state index in [0.717, 1.165) is 11.3 Å². The molecule has 0 unspecified atom stereocenters. The Morgan fingerprint density at radius 1 is 1.18 bits per heavy atom. The number of amides is 1. The maximum atomic E-state index is 11.8.